The summed E-state index contributed by atoms with van der Waals surface area (Å²) in [6, 6.07) is 7.32. The van der Waals surface area contributed by atoms with Crippen LogP contribution < -0.4 is 4.74 Å². The number of aromatic nitrogens is 2. The lowest BCUT2D eigenvalue weighted by Gasteiger charge is -2.07. The maximum absolute atomic E-state index is 9.50. The molecular weight excluding hydrogens is 244 g/mol. The number of aryl methyl sites for hydroxylation is 1. The summed E-state index contributed by atoms with van der Waals surface area (Å²) in [5.74, 6) is 1.85. The van der Waals surface area contributed by atoms with Crippen LogP contribution in [0.15, 0.2) is 28.8 Å². The van der Waals surface area contributed by atoms with Crippen LogP contribution >= 0.6 is 0 Å². The highest BCUT2D eigenvalue weighted by Crippen LogP contribution is 2.19. The molecule has 0 spiro atoms. The lowest BCUT2D eigenvalue weighted by atomic mass is 10.1. The summed E-state index contributed by atoms with van der Waals surface area (Å²) in [4.78, 5) is 4.22. The van der Waals surface area contributed by atoms with Crippen molar-refractivity contribution in [3.05, 3.63) is 41.5 Å². The van der Waals surface area contributed by atoms with Crippen molar-refractivity contribution in [1.29, 1.82) is 0 Å². The average molecular weight is 262 g/mol. The Morgan fingerprint density at radius 3 is 3.00 bits per heavy atom. The predicted octanol–water partition coefficient (Wildman–Crippen LogP) is 2.65. The Balaban J connectivity index is 1.95. The average Bonchev–Trinajstić information content (AvgIpc) is 2.85. The van der Waals surface area contributed by atoms with E-state index in [2.05, 4.69) is 17.1 Å². The summed E-state index contributed by atoms with van der Waals surface area (Å²) in [5.41, 5.74) is 0.815. The fourth-order valence-corrected chi connectivity index (χ4v) is 1.68. The van der Waals surface area contributed by atoms with E-state index >= 15 is 0 Å². The van der Waals surface area contributed by atoms with Crippen molar-refractivity contribution in [1.82, 2.24) is 10.1 Å². The Morgan fingerprint density at radius 2 is 2.26 bits per heavy atom. The Hall–Kier alpha value is -1.88. The molecule has 0 aliphatic heterocycles. The number of nitrogens with zero attached hydrogens (tertiary/aromatic N) is 2. The van der Waals surface area contributed by atoms with Crippen LogP contribution in [0.4, 0.5) is 0 Å². The second-order valence-corrected chi connectivity index (χ2v) is 4.39. The van der Waals surface area contributed by atoms with Crippen LogP contribution in [0.5, 0.6) is 5.75 Å². The third-order valence-electron chi connectivity index (χ3n) is 2.69. The van der Waals surface area contributed by atoms with Crippen LogP contribution in [0.25, 0.3) is 0 Å². The van der Waals surface area contributed by atoms with Gasteiger partial charge in [-0.3, -0.25) is 0 Å². The Bertz CT molecular complexity index is 523. The molecule has 5 heteroatoms. The smallest absolute Gasteiger partial charge is 0.264 e. The standard InChI is InChI=1S/C14H18N2O3/c1-3-5-13-15-14(19-16-13)9-18-12-7-4-6-11(8-12)10(2)17/h4,6-8,10,17H,3,5,9H2,1-2H3/t10-/m1/s1. The first-order valence-electron chi connectivity index (χ1n) is 6.41. The summed E-state index contributed by atoms with van der Waals surface area (Å²) < 4.78 is 10.6. The van der Waals surface area contributed by atoms with Gasteiger partial charge in [-0.1, -0.05) is 24.2 Å². The van der Waals surface area contributed by atoms with Crippen LogP contribution in [0.3, 0.4) is 0 Å². The van der Waals surface area contributed by atoms with Gasteiger partial charge in [0.1, 0.15) is 5.75 Å². The Kier molecular flexibility index (Phi) is 4.52. The van der Waals surface area contributed by atoms with Crippen molar-refractivity contribution in [2.45, 2.75) is 39.4 Å². The minimum atomic E-state index is -0.511. The van der Waals surface area contributed by atoms with E-state index in [1.807, 2.05) is 18.2 Å². The van der Waals surface area contributed by atoms with Crippen molar-refractivity contribution < 1.29 is 14.4 Å². The molecule has 0 aliphatic carbocycles. The van der Waals surface area contributed by atoms with Gasteiger partial charge < -0.3 is 14.4 Å². The van der Waals surface area contributed by atoms with Gasteiger partial charge in [0.05, 0.1) is 6.10 Å². The highest BCUT2D eigenvalue weighted by atomic mass is 16.5. The van der Waals surface area contributed by atoms with Crippen LogP contribution in [0.2, 0.25) is 0 Å². The highest BCUT2D eigenvalue weighted by molar-refractivity contribution is 5.29. The summed E-state index contributed by atoms with van der Waals surface area (Å²) in [5, 5.41) is 13.4. The molecule has 0 amide bonds. The van der Waals surface area contributed by atoms with Gasteiger partial charge in [-0.2, -0.15) is 4.98 Å². The third kappa shape index (κ3) is 3.79. The van der Waals surface area contributed by atoms with E-state index in [1.54, 1.807) is 13.0 Å². The molecule has 2 aromatic rings. The minimum Gasteiger partial charge on any atom is -0.484 e. The fraction of sp³-hybridized carbons (Fsp3) is 0.429. The summed E-state index contributed by atoms with van der Waals surface area (Å²) in [7, 11) is 0. The molecule has 0 saturated heterocycles. The van der Waals surface area contributed by atoms with Gasteiger partial charge in [-0.25, -0.2) is 0 Å². The zero-order chi connectivity index (χ0) is 13.7. The molecule has 102 valence electrons. The number of rotatable bonds is 6. The maximum Gasteiger partial charge on any atom is 0.264 e. The zero-order valence-corrected chi connectivity index (χ0v) is 11.2. The molecule has 0 radical (unpaired) electrons. The van der Waals surface area contributed by atoms with Crippen LogP contribution in [-0.2, 0) is 13.0 Å². The Morgan fingerprint density at radius 1 is 1.42 bits per heavy atom. The highest BCUT2D eigenvalue weighted by Gasteiger charge is 2.07. The molecule has 1 atom stereocenters. The molecule has 0 fully saturated rings. The quantitative estimate of drug-likeness (QED) is 0.866. The molecule has 2 rings (SSSR count). The SMILES string of the molecule is CCCc1noc(COc2cccc([C@@H](C)O)c2)n1. The minimum absolute atomic E-state index is 0.236. The number of aliphatic hydroxyl groups is 1. The van der Waals surface area contributed by atoms with Crippen molar-refractivity contribution >= 4 is 0 Å². The molecule has 0 unspecified atom stereocenters. The molecule has 0 aliphatic rings. The van der Waals surface area contributed by atoms with Gasteiger partial charge in [0.2, 0.25) is 0 Å². The van der Waals surface area contributed by atoms with E-state index in [1.165, 1.54) is 0 Å². The number of hydrogen-bond acceptors (Lipinski definition) is 5. The molecule has 0 saturated carbocycles. The van der Waals surface area contributed by atoms with Gasteiger partial charge >= 0.3 is 0 Å². The number of aliphatic hydroxyl groups excluding tert-OH is 1. The normalized spacial score (nSPS) is 12.4. The third-order valence-corrected chi connectivity index (χ3v) is 2.69. The van der Waals surface area contributed by atoms with Gasteiger partial charge in [0.25, 0.3) is 5.89 Å². The van der Waals surface area contributed by atoms with E-state index < -0.39 is 6.10 Å². The van der Waals surface area contributed by atoms with Gasteiger partial charge in [-0.15, -0.1) is 0 Å². The van der Waals surface area contributed by atoms with Crippen molar-refractivity contribution in [2.24, 2.45) is 0 Å². The van der Waals surface area contributed by atoms with Crippen LogP contribution in [-0.4, -0.2) is 15.2 Å². The Labute approximate surface area is 112 Å². The molecule has 5 nitrogen and oxygen atoms in total. The first-order valence-corrected chi connectivity index (χ1v) is 6.41. The van der Waals surface area contributed by atoms with Crippen LogP contribution in [0.1, 0.15) is 43.7 Å². The summed E-state index contributed by atoms with van der Waals surface area (Å²) in [6.45, 7) is 4.02. The summed E-state index contributed by atoms with van der Waals surface area (Å²) >= 11 is 0. The van der Waals surface area contributed by atoms with E-state index in [0.29, 0.717) is 17.5 Å². The van der Waals surface area contributed by atoms with E-state index in [4.69, 9.17) is 9.26 Å². The van der Waals surface area contributed by atoms with Crippen molar-refractivity contribution in [2.75, 3.05) is 0 Å². The predicted molar refractivity (Wildman–Crippen MR) is 69.7 cm³/mol. The molecular formula is C14H18N2O3. The maximum atomic E-state index is 9.50. The number of ether oxygens (including phenoxy) is 1. The van der Waals surface area contributed by atoms with Gasteiger partial charge in [0, 0.05) is 6.42 Å². The molecule has 1 heterocycles. The molecule has 19 heavy (non-hydrogen) atoms. The molecule has 1 aromatic carbocycles. The number of hydrogen-bond donors (Lipinski definition) is 1. The van der Waals surface area contributed by atoms with Gasteiger partial charge in [0.15, 0.2) is 12.4 Å². The molecule has 0 bridgehead atoms. The zero-order valence-electron chi connectivity index (χ0n) is 11.2. The van der Waals surface area contributed by atoms with Crippen molar-refractivity contribution in [3.63, 3.8) is 0 Å². The summed E-state index contributed by atoms with van der Waals surface area (Å²) in [6.07, 6.45) is 1.28. The fourth-order valence-electron chi connectivity index (χ4n) is 1.68. The second-order valence-electron chi connectivity index (χ2n) is 4.39. The van der Waals surface area contributed by atoms with E-state index in [9.17, 15) is 5.11 Å². The molecule has 1 N–H and O–H groups in total. The topological polar surface area (TPSA) is 68.4 Å². The second kappa shape index (κ2) is 6.33. The lowest BCUT2D eigenvalue weighted by molar-refractivity contribution is 0.197. The van der Waals surface area contributed by atoms with Crippen molar-refractivity contribution in [3.8, 4) is 5.75 Å². The van der Waals surface area contributed by atoms with E-state index in [-0.39, 0.29) is 6.61 Å². The molecule has 1 aromatic heterocycles. The van der Waals surface area contributed by atoms with Gasteiger partial charge in [-0.05, 0) is 31.0 Å². The van der Waals surface area contributed by atoms with E-state index in [0.717, 1.165) is 18.4 Å². The van der Waals surface area contributed by atoms with Crippen LogP contribution in [0, 0.1) is 0 Å². The first-order chi connectivity index (χ1) is 9.19. The largest absolute Gasteiger partial charge is 0.484 e. The first kappa shape index (κ1) is 13.5. The monoisotopic (exact) mass is 262 g/mol. The lowest BCUT2D eigenvalue weighted by Crippen LogP contribution is -1.98. The number of benzene rings is 1.